The fourth-order valence-corrected chi connectivity index (χ4v) is 4.25. The third-order valence-corrected chi connectivity index (χ3v) is 5.31. The Balaban J connectivity index is 1.38. The monoisotopic (exact) mass is 352 g/mol. The SMILES string of the molecule is Cc1cc(Nc2cncc(NC3C[C@H]4CC[C@@H](C3)N4CCC#N)n2)n[nH]1. The molecule has 1 unspecified atom stereocenters. The molecule has 2 saturated heterocycles. The Morgan fingerprint density at radius 1 is 1.23 bits per heavy atom. The molecule has 2 aromatic rings. The molecule has 2 aliphatic heterocycles. The van der Waals surface area contributed by atoms with Crippen molar-refractivity contribution in [1.82, 2.24) is 25.1 Å². The summed E-state index contributed by atoms with van der Waals surface area (Å²) < 4.78 is 0. The summed E-state index contributed by atoms with van der Waals surface area (Å²) >= 11 is 0. The third kappa shape index (κ3) is 3.63. The number of hydrogen-bond acceptors (Lipinski definition) is 7. The van der Waals surface area contributed by atoms with Gasteiger partial charge in [0.05, 0.1) is 18.5 Å². The summed E-state index contributed by atoms with van der Waals surface area (Å²) in [4.78, 5) is 11.4. The van der Waals surface area contributed by atoms with Gasteiger partial charge in [0, 0.05) is 42.9 Å². The van der Waals surface area contributed by atoms with Gasteiger partial charge in [0.1, 0.15) is 5.82 Å². The number of rotatable bonds is 6. The van der Waals surface area contributed by atoms with Gasteiger partial charge in [-0.25, -0.2) is 4.98 Å². The molecule has 4 heterocycles. The van der Waals surface area contributed by atoms with Crippen LogP contribution in [0.15, 0.2) is 18.5 Å². The number of aromatic nitrogens is 4. The Morgan fingerprint density at radius 3 is 2.69 bits per heavy atom. The largest absolute Gasteiger partial charge is 0.366 e. The standard InChI is InChI=1S/C18H24N8/c1-12-7-16(25-24-12)22-18-11-20-10-17(23-18)21-13-8-14-3-4-15(9-13)26(14)6-2-5-19/h7,10-11,13-15H,2-4,6,8-9H2,1H3,(H3,21,22,23,24,25)/t13?,14-,15+. The molecular formula is C18H24N8. The molecule has 0 aromatic carbocycles. The summed E-state index contributed by atoms with van der Waals surface area (Å²) in [5.41, 5.74) is 0.994. The van der Waals surface area contributed by atoms with Gasteiger partial charge >= 0.3 is 0 Å². The first kappa shape index (κ1) is 16.8. The number of nitrogens with one attached hydrogen (secondary N) is 3. The second kappa shape index (κ2) is 7.30. The highest BCUT2D eigenvalue weighted by Gasteiger charge is 2.40. The Morgan fingerprint density at radius 2 is 2.00 bits per heavy atom. The molecule has 2 aromatic heterocycles. The molecule has 2 aliphatic rings. The van der Waals surface area contributed by atoms with E-state index in [-0.39, 0.29) is 0 Å². The molecule has 0 amide bonds. The molecule has 2 bridgehead atoms. The fraction of sp³-hybridized carbons (Fsp3) is 0.556. The van der Waals surface area contributed by atoms with Crippen molar-refractivity contribution in [3.63, 3.8) is 0 Å². The second-order valence-corrected chi connectivity index (χ2v) is 7.19. The van der Waals surface area contributed by atoms with Crippen molar-refractivity contribution in [1.29, 1.82) is 5.26 Å². The number of H-pyrrole nitrogens is 1. The minimum Gasteiger partial charge on any atom is -0.366 e. The van der Waals surface area contributed by atoms with Crippen LogP contribution in [0.2, 0.25) is 0 Å². The van der Waals surface area contributed by atoms with Gasteiger partial charge in [-0.15, -0.1) is 0 Å². The normalized spacial score (nSPS) is 25.0. The van der Waals surface area contributed by atoms with Gasteiger partial charge < -0.3 is 10.6 Å². The van der Waals surface area contributed by atoms with Gasteiger partial charge in [0.2, 0.25) is 0 Å². The van der Waals surface area contributed by atoms with Crippen molar-refractivity contribution < 1.29 is 0 Å². The lowest BCUT2D eigenvalue weighted by Crippen LogP contribution is -2.47. The first-order valence-electron chi connectivity index (χ1n) is 9.21. The molecule has 3 atom stereocenters. The fourth-order valence-electron chi connectivity index (χ4n) is 4.25. The van der Waals surface area contributed by atoms with Crippen LogP contribution in [0, 0.1) is 18.3 Å². The van der Waals surface area contributed by atoms with Crippen LogP contribution in [0.4, 0.5) is 17.5 Å². The third-order valence-electron chi connectivity index (χ3n) is 5.31. The number of nitrogens with zero attached hydrogens (tertiary/aromatic N) is 5. The molecule has 0 saturated carbocycles. The second-order valence-electron chi connectivity index (χ2n) is 7.19. The van der Waals surface area contributed by atoms with Crippen LogP contribution in [0.25, 0.3) is 0 Å². The Bertz CT molecular complexity index is 780. The summed E-state index contributed by atoms with van der Waals surface area (Å²) in [7, 11) is 0. The first-order chi connectivity index (χ1) is 12.7. The van der Waals surface area contributed by atoms with E-state index in [0.717, 1.165) is 36.7 Å². The highest BCUT2D eigenvalue weighted by atomic mass is 15.2. The van der Waals surface area contributed by atoms with Gasteiger partial charge in [0.25, 0.3) is 0 Å². The zero-order valence-electron chi connectivity index (χ0n) is 14.9. The summed E-state index contributed by atoms with van der Waals surface area (Å²) in [6.45, 7) is 2.86. The van der Waals surface area contributed by atoms with E-state index in [2.05, 4.69) is 41.8 Å². The molecule has 26 heavy (non-hydrogen) atoms. The quantitative estimate of drug-likeness (QED) is 0.733. The first-order valence-corrected chi connectivity index (χ1v) is 9.21. The van der Waals surface area contributed by atoms with Gasteiger partial charge in [-0.2, -0.15) is 10.4 Å². The van der Waals surface area contributed by atoms with E-state index in [4.69, 9.17) is 5.26 Å². The van der Waals surface area contributed by atoms with Gasteiger partial charge in [0.15, 0.2) is 11.6 Å². The van der Waals surface area contributed by atoms with Gasteiger partial charge in [-0.05, 0) is 32.6 Å². The molecule has 4 rings (SSSR count). The summed E-state index contributed by atoms with van der Waals surface area (Å²) in [5, 5.41) is 22.6. The summed E-state index contributed by atoms with van der Waals surface area (Å²) in [5.74, 6) is 2.20. The number of fused-ring (bicyclic) bond motifs is 2. The lowest BCUT2D eigenvalue weighted by molar-refractivity contribution is 0.135. The Hall–Kier alpha value is -2.66. The molecule has 0 spiro atoms. The highest BCUT2D eigenvalue weighted by Crippen LogP contribution is 2.36. The average Bonchev–Trinajstić information content (AvgIpc) is 3.13. The maximum Gasteiger partial charge on any atom is 0.153 e. The zero-order valence-corrected chi connectivity index (χ0v) is 14.9. The summed E-state index contributed by atoms with van der Waals surface area (Å²) in [6, 6.07) is 5.77. The van der Waals surface area contributed by atoms with Crippen LogP contribution in [0.1, 0.15) is 37.8 Å². The van der Waals surface area contributed by atoms with E-state index in [9.17, 15) is 0 Å². The topological polar surface area (TPSA) is 106 Å². The number of aromatic amines is 1. The Kier molecular flexibility index (Phi) is 4.71. The van der Waals surface area contributed by atoms with E-state index >= 15 is 0 Å². The predicted molar refractivity (Wildman–Crippen MR) is 99.0 cm³/mol. The van der Waals surface area contributed by atoms with Crippen LogP contribution in [0.3, 0.4) is 0 Å². The number of piperidine rings is 1. The summed E-state index contributed by atoms with van der Waals surface area (Å²) in [6.07, 6.45) is 8.75. The molecule has 0 radical (unpaired) electrons. The van der Waals surface area contributed by atoms with Crippen LogP contribution in [0.5, 0.6) is 0 Å². The number of anilines is 3. The van der Waals surface area contributed by atoms with Crippen molar-refractivity contribution in [3.8, 4) is 6.07 Å². The van der Waals surface area contributed by atoms with Crippen molar-refractivity contribution in [3.05, 3.63) is 24.2 Å². The van der Waals surface area contributed by atoms with E-state index in [1.807, 2.05) is 13.0 Å². The Labute approximate surface area is 153 Å². The minimum atomic E-state index is 0.406. The van der Waals surface area contributed by atoms with Crippen molar-refractivity contribution >= 4 is 17.5 Å². The van der Waals surface area contributed by atoms with Crippen molar-refractivity contribution in [2.75, 3.05) is 17.2 Å². The number of aryl methyl sites for hydroxylation is 1. The van der Waals surface area contributed by atoms with E-state index in [1.165, 1.54) is 12.8 Å². The average molecular weight is 352 g/mol. The maximum atomic E-state index is 8.85. The van der Waals surface area contributed by atoms with E-state index in [1.54, 1.807) is 12.4 Å². The number of nitriles is 1. The smallest absolute Gasteiger partial charge is 0.153 e. The van der Waals surface area contributed by atoms with E-state index in [0.29, 0.717) is 30.4 Å². The van der Waals surface area contributed by atoms with Gasteiger partial charge in [-0.1, -0.05) is 0 Å². The predicted octanol–water partition coefficient (Wildman–Crippen LogP) is 2.57. The van der Waals surface area contributed by atoms with Crippen LogP contribution >= 0.6 is 0 Å². The van der Waals surface area contributed by atoms with E-state index < -0.39 is 0 Å². The molecular weight excluding hydrogens is 328 g/mol. The molecule has 2 fully saturated rings. The molecule has 8 nitrogen and oxygen atoms in total. The van der Waals surface area contributed by atoms with Crippen molar-refractivity contribution in [2.24, 2.45) is 0 Å². The number of hydrogen-bond donors (Lipinski definition) is 3. The lowest BCUT2D eigenvalue weighted by atomic mass is 9.97. The van der Waals surface area contributed by atoms with Crippen LogP contribution in [-0.4, -0.2) is 49.7 Å². The molecule has 0 aliphatic carbocycles. The minimum absolute atomic E-state index is 0.406. The molecule has 3 N–H and O–H groups in total. The maximum absolute atomic E-state index is 8.85. The van der Waals surface area contributed by atoms with Crippen LogP contribution in [-0.2, 0) is 0 Å². The lowest BCUT2D eigenvalue weighted by Gasteiger charge is -2.39. The van der Waals surface area contributed by atoms with Gasteiger partial charge in [-0.3, -0.25) is 15.0 Å². The molecule has 136 valence electrons. The highest BCUT2D eigenvalue weighted by molar-refractivity contribution is 5.53. The van der Waals surface area contributed by atoms with Crippen molar-refractivity contribution in [2.45, 2.75) is 57.2 Å². The molecule has 8 heteroatoms. The van der Waals surface area contributed by atoms with Crippen LogP contribution < -0.4 is 10.6 Å². The zero-order chi connectivity index (χ0) is 17.9.